The minimum atomic E-state index is -5.47. The summed E-state index contributed by atoms with van der Waals surface area (Å²) in [5.41, 5.74) is -8.06. The molecule has 0 spiro atoms. The smallest absolute Gasteiger partial charge is 0.350 e. The molecule has 0 bridgehead atoms. The predicted molar refractivity (Wildman–Crippen MR) is 59.5 cm³/mol. The van der Waals surface area contributed by atoms with Crippen molar-refractivity contribution in [3.8, 4) is 0 Å². The fraction of sp³-hybridized carbons (Fsp3) is 1.00. The Kier molecular flexibility index (Phi) is 4.57. The Balaban J connectivity index is 3.26. The van der Waals surface area contributed by atoms with Crippen LogP contribution in [0.3, 0.4) is 0 Å². The van der Waals surface area contributed by atoms with Gasteiger partial charge in [0.05, 0.1) is 0 Å². The first-order chi connectivity index (χ1) is 9.53. The van der Waals surface area contributed by atoms with Crippen LogP contribution in [-0.2, 0) is 9.47 Å². The molecule has 0 aromatic heterocycles. The molecule has 5 unspecified atom stereocenters. The van der Waals surface area contributed by atoms with E-state index in [-0.39, 0.29) is 13.8 Å². The zero-order valence-corrected chi connectivity index (χ0v) is 12.2. The van der Waals surface area contributed by atoms with Crippen molar-refractivity contribution >= 4 is 0 Å². The average Bonchev–Trinajstić information content (AvgIpc) is 2.65. The van der Waals surface area contributed by atoms with Crippen LogP contribution < -0.4 is 0 Å². The van der Waals surface area contributed by atoms with Gasteiger partial charge in [0, 0.05) is 13.5 Å². The molecule has 132 valence electrons. The summed E-state index contributed by atoms with van der Waals surface area (Å²) >= 11 is 0. The molecule has 0 aromatic carbocycles. The number of hydrogen-bond acceptors (Lipinski definition) is 2. The Morgan fingerprint density at radius 1 is 0.955 bits per heavy atom. The highest BCUT2D eigenvalue weighted by Gasteiger charge is 2.73. The highest BCUT2D eigenvalue weighted by Crippen LogP contribution is 2.55. The second-order valence-corrected chi connectivity index (χ2v) is 5.75. The van der Waals surface area contributed by atoms with Crippen LogP contribution in [0.5, 0.6) is 0 Å². The number of rotatable bonds is 3. The van der Waals surface area contributed by atoms with Crippen molar-refractivity contribution < 1.29 is 44.6 Å². The summed E-state index contributed by atoms with van der Waals surface area (Å²) < 4.78 is 114. The maximum atomic E-state index is 14.2. The Hall–Kier alpha value is -0.640. The summed E-state index contributed by atoms with van der Waals surface area (Å²) in [6.07, 6.45) is -14.1. The molecule has 10 heteroatoms. The van der Waals surface area contributed by atoms with E-state index in [1.165, 1.54) is 0 Å². The molecule has 0 saturated carbocycles. The molecule has 2 nitrogen and oxygen atoms in total. The van der Waals surface area contributed by atoms with Gasteiger partial charge in [-0.2, -0.15) is 26.3 Å². The molecule has 0 N–H and O–H groups in total. The Bertz CT molecular complexity index is 414. The van der Waals surface area contributed by atoms with Crippen LogP contribution in [0.1, 0.15) is 27.2 Å². The zero-order valence-electron chi connectivity index (χ0n) is 12.2. The van der Waals surface area contributed by atoms with Crippen molar-refractivity contribution in [2.75, 3.05) is 7.11 Å². The summed E-state index contributed by atoms with van der Waals surface area (Å²) in [4.78, 5) is 0. The summed E-state index contributed by atoms with van der Waals surface area (Å²) in [6, 6.07) is 0. The van der Waals surface area contributed by atoms with Crippen LogP contribution in [0.25, 0.3) is 0 Å². The lowest BCUT2D eigenvalue weighted by atomic mass is 9.86. The molecule has 1 saturated heterocycles. The number of alkyl halides is 8. The van der Waals surface area contributed by atoms with Gasteiger partial charge in [0.25, 0.3) is 5.67 Å². The standard InChI is InChI=1S/C12H16F8O2/c1-6-5-10(21-4,9(3,14)12(18,19)20)22-7(6)8(2,13)11(15,16)17/h6-7H,5H2,1-4H3. The Morgan fingerprint density at radius 2 is 1.41 bits per heavy atom. The van der Waals surface area contributed by atoms with Gasteiger partial charge in [-0.25, -0.2) is 8.78 Å². The van der Waals surface area contributed by atoms with Crippen LogP contribution >= 0.6 is 0 Å². The molecule has 1 fully saturated rings. The van der Waals surface area contributed by atoms with E-state index in [1.54, 1.807) is 0 Å². The van der Waals surface area contributed by atoms with Crippen molar-refractivity contribution in [1.82, 2.24) is 0 Å². The van der Waals surface area contributed by atoms with Crippen molar-refractivity contribution in [2.24, 2.45) is 5.92 Å². The van der Waals surface area contributed by atoms with Gasteiger partial charge in [-0.3, -0.25) is 0 Å². The molecule has 5 atom stereocenters. The molecule has 0 radical (unpaired) electrons. The summed E-state index contributed by atoms with van der Waals surface area (Å²) in [5.74, 6) is -4.40. The second-order valence-electron chi connectivity index (χ2n) is 5.75. The quantitative estimate of drug-likeness (QED) is 0.710. The van der Waals surface area contributed by atoms with E-state index in [0.29, 0.717) is 7.11 Å². The Morgan fingerprint density at radius 3 is 1.73 bits per heavy atom. The van der Waals surface area contributed by atoms with Gasteiger partial charge < -0.3 is 9.47 Å². The highest BCUT2D eigenvalue weighted by molar-refractivity contribution is 5.07. The van der Waals surface area contributed by atoms with Gasteiger partial charge in [0.2, 0.25) is 11.5 Å². The molecular formula is C12H16F8O2. The van der Waals surface area contributed by atoms with Gasteiger partial charge in [0.1, 0.15) is 6.10 Å². The predicted octanol–water partition coefficient (Wildman–Crippen LogP) is 4.34. The number of hydrogen-bond donors (Lipinski definition) is 0. The first-order valence-corrected chi connectivity index (χ1v) is 6.28. The van der Waals surface area contributed by atoms with Gasteiger partial charge in [-0.1, -0.05) is 6.92 Å². The van der Waals surface area contributed by atoms with Gasteiger partial charge in [-0.05, 0) is 19.8 Å². The van der Waals surface area contributed by atoms with Crippen LogP contribution in [0.15, 0.2) is 0 Å². The van der Waals surface area contributed by atoms with E-state index in [4.69, 9.17) is 0 Å². The van der Waals surface area contributed by atoms with E-state index in [1.807, 2.05) is 0 Å². The topological polar surface area (TPSA) is 18.5 Å². The first kappa shape index (κ1) is 19.4. The molecule has 0 aliphatic carbocycles. The number of halogens is 8. The normalized spacial score (nSPS) is 36.0. The van der Waals surface area contributed by atoms with E-state index in [2.05, 4.69) is 9.47 Å². The van der Waals surface area contributed by atoms with E-state index in [0.717, 1.165) is 6.92 Å². The summed E-state index contributed by atoms with van der Waals surface area (Å²) in [6.45, 7) is 1.28. The average molecular weight is 344 g/mol. The Labute approximate surface area is 121 Å². The van der Waals surface area contributed by atoms with Crippen LogP contribution in [0.2, 0.25) is 0 Å². The van der Waals surface area contributed by atoms with Gasteiger partial charge in [0.15, 0.2) is 0 Å². The third-order valence-electron chi connectivity index (χ3n) is 4.09. The lowest BCUT2D eigenvalue weighted by molar-refractivity contribution is -0.369. The van der Waals surface area contributed by atoms with E-state index in [9.17, 15) is 35.1 Å². The third kappa shape index (κ3) is 2.68. The fourth-order valence-electron chi connectivity index (χ4n) is 2.55. The number of ether oxygens (including phenoxy) is 2. The maximum Gasteiger partial charge on any atom is 0.427 e. The van der Waals surface area contributed by atoms with Gasteiger partial charge in [-0.15, -0.1) is 0 Å². The maximum absolute atomic E-state index is 14.2. The van der Waals surface area contributed by atoms with E-state index >= 15 is 0 Å². The minimum absolute atomic E-state index is 0.0920. The zero-order chi connectivity index (χ0) is 17.8. The fourth-order valence-corrected chi connectivity index (χ4v) is 2.55. The second kappa shape index (κ2) is 5.19. The lowest BCUT2D eigenvalue weighted by Gasteiger charge is -2.40. The monoisotopic (exact) mass is 344 g/mol. The summed E-state index contributed by atoms with van der Waals surface area (Å²) in [7, 11) is 0.668. The van der Waals surface area contributed by atoms with Gasteiger partial charge >= 0.3 is 12.4 Å². The third-order valence-corrected chi connectivity index (χ3v) is 4.09. The SMILES string of the molecule is COC1(C(C)(F)C(F)(F)F)CC(C)C(C(C)(F)C(F)(F)F)O1. The van der Waals surface area contributed by atoms with Crippen molar-refractivity contribution in [3.63, 3.8) is 0 Å². The minimum Gasteiger partial charge on any atom is -0.350 e. The van der Waals surface area contributed by atoms with Crippen molar-refractivity contribution in [3.05, 3.63) is 0 Å². The molecule has 0 amide bonds. The molecular weight excluding hydrogens is 328 g/mol. The molecule has 1 rings (SSSR count). The number of methoxy groups -OCH3 is 1. The first-order valence-electron chi connectivity index (χ1n) is 6.28. The van der Waals surface area contributed by atoms with Crippen molar-refractivity contribution in [2.45, 2.75) is 62.8 Å². The molecule has 22 heavy (non-hydrogen) atoms. The molecule has 1 aliphatic heterocycles. The summed E-state index contributed by atoms with van der Waals surface area (Å²) in [5, 5.41) is 0. The molecule has 1 aliphatic rings. The lowest BCUT2D eigenvalue weighted by Crippen LogP contribution is -2.60. The molecule has 0 aromatic rings. The largest absolute Gasteiger partial charge is 0.427 e. The van der Waals surface area contributed by atoms with E-state index < -0.39 is 47.9 Å². The highest BCUT2D eigenvalue weighted by atomic mass is 19.4. The molecule has 1 heterocycles. The van der Waals surface area contributed by atoms with Crippen LogP contribution in [-0.4, -0.2) is 42.7 Å². The van der Waals surface area contributed by atoms with Crippen LogP contribution in [0, 0.1) is 5.92 Å². The van der Waals surface area contributed by atoms with Crippen LogP contribution in [0.4, 0.5) is 35.1 Å². The van der Waals surface area contributed by atoms with Crippen molar-refractivity contribution in [1.29, 1.82) is 0 Å².